The maximum atomic E-state index is 12.6. The van der Waals surface area contributed by atoms with Gasteiger partial charge in [-0.2, -0.15) is 13.2 Å². The van der Waals surface area contributed by atoms with Crippen molar-refractivity contribution >= 4 is 0 Å². The molecular formula is C16H20F3N3O. The van der Waals surface area contributed by atoms with Gasteiger partial charge >= 0.3 is 6.18 Å². The van der Waals surface area contributed by atoms with E-state index in [1.807, 2.05) is 38.1 Å². The summed E-state index contributed by atoms with van der Waals surface area (Å²) < 4.78 is 44.1. The first-order valence-corrected chi connectivity index (χ1v) is 7.18. The lowest BCUT2D eigenvalue weighted by Gasteiger charge is -2.28. The van der Waals surface area contributed by atoms with Gasteiger partial charge in [0, 0.05) is 23.5 Å². The Morgan fingerprint density at radius 3 is 2.57 bits per heavy atom. The Kier molecular flexibility index (Phi) is 4.99. The number of halogens is 3. The van der Waals surface area contributed by atoms with Gasteiger partial charge in [-0.05, 0) is 19.9 Å². The van der Waals surface area contributed by atoms with E-state index in [9.17, 15) is 13.2 Å². The molecule has 126 valence electrons. The van der Waals surface area contributed by atoms with Crippen LogP contribution in [0.3, 0.4) is 0 Å². The highest BCUT2D eigenvalue weighted by atomic mass is 19.4. The lowest BCUT2D eigenvalue weighted by atomic mass is 9.93. The standard InChI is InChI=1S/C16H20F3N3O/c1-15(2,12-6-4-5-7-13(12)23-3)21-10-14-20-8-9-22(14)11-16(17,18)19/h4-9,21H,10-11H2,1-3H3. The molecule has 1 N–H and O–H groups in total. The average molecular weight is 327 g/mol. The molecule has 1 heterocycles. The molecule has 0 spiro atoms. The molecule has 1 aromatic heterocycles. The quantitative estimate of drug-likeness (QED) is 0.883. The minimum absolute atomic E-state index is 0.216. The maximum absolute atomic E-state index is 12.6. The number of para-hydroxylation sites is 1. The first-order valence-electron chi connectivity index (χ1n) is 7.18. The lowest BCUT2D eigenvalue weighted by molar-refractivity contribution is -0.141. The van der Waals surface area contributed by atoms with Gasteiger partial charge in [-0.25, -0.2) is 4.98 Å². The summed E-state index contributed by atoms with van der Waals surface area (Å²) in [5.74, 6) is 1.06. The van der Waals surface area contributed by atoms with Crippen LogP contribution in [-0.2, 0) is 18.6 Å². The zero-order valence-electron chi connectivity index (χ0n) is 13.3. The first-order chi connectivity index (χ1) is 10.7. The van der Waals surface area contributed by atoms with Crippen LogP contribution in [0, 0.1) is 0 Å². The van der Waals surface area contributed by atoms with Gasteiger partial charge in [-0.1, -0.05) is 18.2 Å². The molecule has 0 saturated heterocycles. The van der Waals surface area contributed by atoms with Crippen molar-refractivity contribution in [2.24, 2.45) is 0 Å². The third-order valence-corrected chi connectivity index (χ3v) is 3.62. The summed E-state index contributed by atoms with van der Waals surface area (Å²) in [6.45, 7) is 3.07. The molecule has 0 aliphatic heterocycles. The number of nitrogens with zero attached hydrogens (tertiary/aromatic N) is 2. The van der Waals surface area contributed by atoms with E-state index in [1.165, 1.54) is 12.4 Å². The second-order valence-corrected chi connectivity index (χ2v) is 5.77. The average Bonchev–Trinajstić information content (AvgIpc) is 2.90. The molecule has 0 aliphatic rings. The van der Waals surface area contributed by atoms with Crippen molar-refractivity contribution in [2.45, 2.75) is 38.7 Å². The highest BCUT2D eigenvalue weighted by Gasteiger charge is 2.29. The van der Waals surface area contributed by atoms with E-state index in [0.29, 0.717) is 5.82 Å². The van der Waals surface area contributed by atoms with Crippen LogP contribution in [0.15, 0.2) is 36.7 Å². The van der Waals surface area contributed by atoms with Crippen LogP contribution in [0.25, 0.3) is 0 Å². The molecule has 0 radical (unpaired) electrons. The number of benzene rings is 1. The molecule has 2 aromatic rings. The van der Waals surface area contributed by atoms with E-state index < -0.39 is 18.3 Å². The summed E-state index contributed by atoms with van der Waals surface area (Å²) in [6.07, 6.45) is -1.56. The van der Waals surface area contributed by atoms with Gasteiger partial charge in [0.1, 0.15) is 18.1 Å². The monoisotopic (exact) mass is 327 g/mol. The number of aromatic nitrogens is 2. The second-order valence-electron chi connectivity index (χ2n) is 5.77. The summed E-state index contributed by atoms with van der Waals surface area (Å²) in [5, 5.41) is 3.25. The molecule has 2 rings (SSSR count). The van der Waals surface area contributed by atoms with E-state index in [1.54, 1.807) is 7.11 Å². The number of hydrogen-bond acceptors (Lipinski definition) is 3. The SMILES string of the molecule is COc1ccccc1C(C)(C)NCc1nccn1CC(F)(F)F. The van der Waals surface area contributed by atoms with Gasteiger partial charge in [0.05, 0.1) is 13.7 Å². The Morgan fingerprint density at radius 1 is 1.22 bits per heavy atom. The fraction of sp³-hybridized carbons (Fsp3) is 0.438. The Morgan fingerprint density at radius 2 is 1.91 bits per heavy atom. The largest absolute Gasteiger partial charge is 0.496 e. The molecule has 0 atom stereocenters. The topological polar surface area (TPSA) is 39.1 Å². The number of hydrogen-bond donors (Lipinski definition) is 1. The second kappa shape index (κ2) is 6.62. The van der Waals surface area contributed by atoms with Crippen molar-refractivity contribution in [3.63, 3.8) is 0 Å². The van der Waals surface area contributed by atoms with E-state index in [4.69, 9.17) is 4.74 Å². The highest BCUT2D eigenvalue weighted by Crippen LogP contribution is 2.29. The van der Waals surface area contributed by atoms with Crippen molar-refractivity contribution < 1.29 is 17.9 Å². The molecule has 4 nitrogen and oxygen atoms in total. The number of ether oxygens (including phenoxy) is 1. The van der Waals surface area contributed by atoms with Gasteiger partial charge in [-0.15, -0.1) is 0 Å². The van der Waals surface area contributed by atoms with Gasteiger partial charge in [0.15, 0.2) is 0 Å². The zero-order valence-corrected chi connectivity index (χ0v) is 13.3. The van der Waals surface area contributed by atoms with Crippen molar-refractivity contribution in [2.75, 3.05) is 7.11 Å². The van der Waals surface area contributed by atoms with Crippen LogP contribution in [0.1, 0.15) is 25.2 Å². The number of alkyl halides is 3. The molecule has 0 saturated carbocycles. The van der Waals surface area contributed by atoms with Crippen LogP contribution in [0.2, 0.25) is 0 Å². The first kappa shape index (κ1) is 17.3. The predicted molar refractivity (Wildman–Crippen MR) is 81.1 cm³/mol. The molecule has 23 heavy (non-hydrogen) atoms. The van der Waals surface area contributed by atoms with Crippen molar-refractivity contribution in [1.29, 1.82) is 0 Å². The maximum Gasteiger partial charge on any atom is 0.406 e. The number of imidazole rings is 1. The van der Waals surface area contributed by atoms with Crippen molar-refractivity contribution in [3.8, 4) is 5.75 Å². The molecule has 0 aliphatic carbocycles. The Balaban J connectivity index is 2.12. The molecule has 0 fully saturated rings. The molecule has 1 aromatic carbocycles. The van der Waals surface area contributed by atoms with E-state index in [0.717, 1.165) is 15.9 Å². The summed E-state index contributed by atoms with van der Waals surface area (Å²) in [5.41, 5.74) is 0.443. The van der Waals surface area contributed by atoms with E-state index in [2.05, 4.69) is 10.3 Å². The van der Waals surface area contributed by atoms with Gasteiger partial charge in [0.2, 0.25) is 0 Å². The Hall–Kier alpha value is -2.02. The Bertz CT molecular complexity index is 650. The van der Waals surface area contributed by atoms with Crippen LogP contribution in [0.4, 0.5) is 13.2 Å². The number of nitrogens with one attached hydrogen (secondary N) is 1. The van der Waals surface area contributed by atoms with Gasteiger partial charge < -0.3 is 14.6 Å². The molecular weight excluding hydrogens is 307 g/mol. The Labute approximate surface area is 133 Å². The number of rotatable bonds is 6. The van der Waals surface area contributed by atoms with Crippen LogP contribution in [0.5, 0.6) is 5.75 Å². The molecule has 0 amide bonds. The van der Waals surface area contributed by atoms with Crippen LogP contribution >= 0.6 is 0 Å². The highest BCUT2D eigenvalue weighted by molar-refractivity contribution is 5.38. The van der Waals surface area contributed by atoms with Crippen LogP contribution in [-0.4, -0.2) is 22.8 Å². The van der Waals surface area contributed by atoms with Crippen LogP contribution < -0.4 is 10.1 Å². The smallest absolute Gasteiger partial charge is 0.406 e. The van der Waals surface area contributed by atoms with Crippen molar-refractivity contribution in [1.82, 2.24) is 14.9 Å². The molecule has 7 heteroatoms. The summed E-state index contributed by atoms with van der Waals surface area (Å²) >= 11 is 0. The normalized spacial score (nSPS) is 12.4. The summed E-state index contributed by atoms with van der Waals surface area (Å²) in [7, 11) is 1.59. The minimum atomic E-state index is -4.27. The fourth-order valence-electron chi connectivity index (χ4n) is 2.40. The summed E-state index contributed by atoms with van der Waals surface area (Å²) in [6, 6.07) is 7.54. The van der Waals surface area contributed by atoms with Gasteiger partial charge in [-0.3, -0.25) is 0 Å². The van der Waals surface area contributed by atoms with Gasteiger partial charge in [0.25, 0.3) is 0 Å². The minimum Gasteiger partial charge on any atom is -0.496 e. The fourth-order valence-corrected chi connectivity index (χ4v) is 2.40. The zero-order chi connectivity index (χ0) is 17.1. The third-order valence-electron chi connectivity index (χ3n) is 3.62. The number of methoxy groups -OCH3 is 1. The summed E-state index contributed by atoms with van der Waals surface area (Å²) in [4.78, 5) is 4.01. The third kappa shape index (κ3) is 4.48. The lowest BCUT2D eigenvalue weighted by Crippen LogP contribution is -2.37. The predicted octanol–water partition coefficient (Wildman–Crippen LogP) is 3.48. The molecule has 0 unspecified atom stereocenters. The van der Waals surface area contributed by atoms with Crippen molar-refractivity contribution in [3.05, 3.63) is 48.0 Å². The van der Waals surface area contributed by atoms with E-state index in [-0.39, 0.29) is 6.54 Å². The molecule has 0 bridgehead atoms. The van der Waals surface area contributed by atoms with E-state index >= 15 is 0 Å².